The maximum absolute atomic E-state index is 12.1. The Hall–Kier alpha value is -2.07. The van der Waals surface area contributed by atoms with Crippen LogP contribution in [0.5, 0.6) is 0 Å². The summed E-state index contributed by atoms with van der Waals surface area (Å²) in [7, 11) is -4.80. The Morgan fingerprint density at radius 2 is 2.07 bits per heavy atom. The predicted octanol–water partition coefficient (Wildman–Crippen LogP) is -2.80. The average molecular weight is 448 g/mol. The molecule has 6 atom stereocenters. The van der Waals surface area contributed by atoms with Crippen LogP contribution in [0.1, 0.15) is 13.2 Å². The van der Waals surface area contributed by atoms with Gasteiger partial charge >= 0.3 is 7.82 Å². The first-order chi connectivity index (χ1) is 14.0. The number of hydrogen-bond donors (Lipinski definition) is 7. The third-order valence-electron chi connectivity index (χ3n) is 4.44. The molecule has 1 amide bonds. The minimum absolute atomic E-state index is 0.00531. The molecule has 1 aliphatic rings. The molecule has 3 heterocycles. The number of hydrogen-bond acceptors (Lipinski definition) is 11. The van der Waals surface area contributed by atoms with E-state index in [-0.39, 0.29) is 17.0 Å². The number of aliphatic hydroxyl groups excluding tert-OH is 3. The number of nitrogens with zero attached hydrogens (tertiary/aromatic N) is 4. The van der Waals surface area contributed by atoms with E-state index in [0.29, 0.717) is 0 Å². The number of carbonyl (C=O) groups is 1. The molecule has 1 aliphatic heterocycles. The number of aromatic nitrogens is 4. The van der Waals surface area contributed by atoms with Crippen molar-refractivity contribution in [3.05, 3.63) is 12.7 Å². The van der Waals surface area contributed by atoms with Crippen LogP contribution < -0.4 is 11.1 Å². The Kier molecular flexibility index (Phi) is 6.47. The summed E-state index contributed by atoms with van der Waals surface area (Å²) >= 11 is 0. The number of phosphoric acid groups is 1. The maximum Gasteiger partial charge on any atom is 0.469 e. The van der Waals surface area contributed by atoms with Crippen LogP contribution in [0.25, 0.3) is 11.2 Å². The van der Waals surface area contributed by atoms with Crippen LogP contribution in [0, 0.1) is 0 Å². The molecule has 3 rings (SSSR count). The Bertz CT molecular complexity index is 965. The molecule has 1 saturated heterocycles. The van der Waals surface area contributed by atoms with Gasteiger partial charge in [0.25, 0.3) is 0 Å². The topological polar surface area (TPSA) is 235 Å². The zero-order valence-electron chi connectivity index (χ0n) is 15.5. The molecule has 16 heteroatoms. The second kappa shape index (κ2) is 8.58. The summed E-state index contributed by atoms with van der Waals surface area (Å²) in [5, 5.41) is 32.3. The fourth-order valence-corrected chi connectivity index (χ4v) is 3.16. The summed E-state index contributed by atoms with van der Waals surface area (Å²) in [6.07, 6.45) is -4.23. The predicted molar refractivity (Wildman–Crippen MR) is 97.5 cm³/mol. The minimum Gasteiger partial charge on any atom is -0.391 e. The van der Waals surface area contributed by atoms with Gasteiger partial charge in [-0.3, -0.25) is 13.9 Å². The number of ether oxygens (including phenoxy) is 1. The van der Waals surface area contributed by atoms with E-state index in [2.05, 4.69) is 24.8 Å². The Labute approximate surface area is 168 Å². The average Bonchev–Trinajstić information content (AvgIpc) is 3.21. The van der Waals surface area contributed by atoms with E-state index in [1.807, 2.05) is 0 Å². The number of amides is 1. The molecular weight excluding hydrogens is 427 g/mol. The summed E-state index contributed by atoms with van der Waals surface area (Å²) in [5.41, 5.74) is 5.82. The highest BCUT2D eigenvalue weighted by molar-refractivity contribution is 7.46. The van der Waals surface area contributed by atoms with Crippen molar-refractivity contribution < 1.29 is 43.7 Å². The number of nitrogens with one attached hydrogen (secondary N) is 1. The Morgan fingerprint density at radius 3 is 2.70 bits per heavy atom. The Balaban J connectivity index is 1.84. The molecule has 0 aromatic carbocycles. The first kappa shape index (κ1) is 22.6. The number of carbonyl (C=O) groups excluding carboxylic acids is 1. The smallest absolute Gasteiger partial charge is 0.391 e. The van der Waals surface area contributed by atoms with E-state index in [0.717, 1.165) is 6.33 Å². The standard InChI is InChI=1S/C14H21N6O9P/c1-5(21)7(15)13(24)19-11-8-12(17-3-16-11)20(4-18-8)14-10(23)9(22)6(29-14)2-28-30(25,26)27/h3-7,9-10,14,21-23H,2,15H2,1H3,(H2,25,26,27)(H,16,17,19,24)/t5-,6-,7+,9-,10-,14-/m1/s1. The van der Waals surface area contributed by atoms with Gasteiger partial charge in [0.1, 0.15) is 30.7 Å². The van der Waals surface area contributed by atoms with Crippen LogP contribution in [0.4, 0.5) is 5.82 Å². The highest BCUT2D eigenvalue weighted by Gasteiger charge is 2.45. The third kappa shape index (κ3) is 4.64. The summed E-state index contributed by atoms with van der Waals surface area (Å²) in [6.45, 7) is 0.685. The molecule has 2 aromatic rings. The quantitative estimate of drug-likeness (QED) is 0.212. The first-order valence-electron chi connectivity index (χ1n) is 8.63. The van der Waals surface area contributed by atoms with E-state index < -0.39 is 57.0 Å². The first-order valence-corrected chi connectivity index (χ1v) is 10.2. The summed E-state index contributed by atoms with van der Waals surface area (Å²) in [6, 6.07) is -1.21. The normalized spacial score (nSPS) is 26.6. The molecule has 0 radical (unpaired) electrons. The van der Waals surface area contributed by atoms with Crippen LogP contribution >= 0.6 is 7.82 Å². The van der Waals surface area contributed by atoms with Gasteiger partial charge in [0, 0.05) is 0 Å². The number of nitrogens with two attached hydrogens (primary N) is 1. The molecule has 15 nitrogen and oxygen atoms in total. The lowest BCUT2D eigenvalue weighted by molar-refractivity contribution is -0.119. The molecule has 1 fully saturated rings. The molecule has 2 aromatic heterocycles. The lowest BCUT2D eigenvalue weighted by atomic mass is 10.1. The van der Waals surface area contributed by atoms with Crippen LogP contribution in [0.2, 0.25) is 0 Å². The Morgan fingerprint density at radius 1 is 1.37 bits per heavy atom. The van der Waals surface area contributed by atoms with Gasteiger partial charge < -0.3 is 40.9 Å². The highest BCUT2D eigenvalue weighted by Crippen LogP contribution is 2.38. The molecule has 0 unspecified atom stereocenters. The second-order valence-electron chi connectivity index (χ2n) is 6.63. The largest absolute Gasteiger partial charge is 0.469 e. The van der Waals surface area contributed by atoms with E-state index in [4.69, 9.17) is 20.3 Å². The number of phosphoric ester groups is 1. The number of fused-ring (bicyclic) bond motifs is 1. The zero-order chi connectivity index (χ0) is 22.2. The summed E-state index contributed by atoms with van der Waals surface area (Å²) < 4.78 is 21.9. The molecule has 8 N–H and O–H groups in total. The summed E-state index contributed by atoms with van der Waals surface area (Å²) in [5.74, 6) is -0.712. The van der Waals surface area contributed by atoms with E-state index in [9.17, 15) is 24.7 Å². The van der Waals surface area contributed by atoms with Gasteiger partial charge in [-0.15, -0.1) is 0 Å². The highest BCUT2D eigenvalue weighted by atomic mass is 31.2. The molecule has 0 aliphatic carbocycles. The molecule has 30 heavy (non-hydrogen) atoms. The number of imidazole rings is 1. The van der Waals surface area contributed by atoms with Gasteiger partial charge in [-0.05, 0) is 6.92 Å². The van der Waals surface area contributed by atoms with Crippen LogP contribution in [0.15, 0.2) is 12.7 Å². The molecule has 0 bridgehead atoms. The molecule has 166 valence electrons. The second-order valence-corrected chi connectivity index (χ2v) is 7.87. The number of anilines is 1. The van der Waals surface area contributed by atoms with E-state index in [1.165, 1.54) is 17.8 Å². The molecule has 0 saturated carbocycles. The van der Waals surface area contributed by atoms with E-state index >= 15 is 0 Å². The fourth-order valence-electron chi connectivity index (χ4n) is 2.82. The van der Waals surface area contributed by atoms with Gasteiger partial charge in [-0.1, -0.05) is 0 Å². The van der Waals surface area contributed by atoms with Crippen LogP contribution in [0.3, 0.4) is 0 Å². The van der Waals surface area contributed by atoms with Crippen LogP contribution in [-0.4, -0.2) is 87.6 Å². The summed E-state index contributed by atoms with van der Waals surface area (Å²) in [4.78, 5) is 41.7. The van der Waals surface area contributed by atoms with Crippen molar-refractivity contribution in [2.24, 2.45) is 5.73 Å². The van der Waals surface area contributed by atoms with Gasteiger partial charge in [0.05, 0.1) is 19.0 Å². The van der Waals surface area contributed by atoms with Crippen molar-refractivity contribution in [1.29, 1.82) is 0 Å². The maximum atomic E-state index is 12.1. The molecule has 0 spiro atoms. The van der Waals surface area contributed by atoms with Crippen molar-refractivity contribution in [2.75, 3.05) is 11.9 Å². The lowest BCUT2D eigenvalue weighted by Crippen LogP contribution is -2.43. The van der Waals surface area contributed by atoms with Crippen molar-refractivity contribution >= 4 is 30.7 Å². The minimum atomic E-state index is -4.80. The third-order valence-corrected chi connectivity index (χ3v) is 4.93. The van der Waals surface area contributed by atoms with Gasteiger partial charge in [0.15, 0.2) is 23.2 Å². The zero-order valence-corrected chi connectivity index (χ0v) is 16.4. The van der Waals surface area contributed by atoms with Gasteiger partial charge in [-0.2, -0.15) is 0 Å². The van der Waals surface area contributed by atoms with Crippen molar-refractivity contribution in [3.63, 3.8) is 0 Å². The van der Waals surface area contributed by atoms with Gasteiger partial charge in [0.2, 0.25) is 5.91 Å². The van der Waals surface area contributed by atoms with E-state index in [1.54, 1.807) is 0 Å². The SMILES string of the molecule is C[C@@H](O)[C@H](N)C(=O)Nc1ncnc2c1ncn2[C@@H]1O[C@H](COP(=O)(O)O)[C@@H](O)[C@H]1O. The van der Waals surface area contributed by atoms with Crippen molar-refractivity contribution in [3.8, 4) is 0 Å². The van der Waals surface area contributed by atoms with Crippen LogP contribution in [-0.2, 0) is 18.6 Å². The fraction of sp³-hybridized carbons (Fsp3) is 0.571. The lowest BCUT2D eigenvalue weighted by Gasteiger charge is -2.17. The monoisotopic (exact) mass is 448 g/mol. The van der Waals surface area contributed by atoms with Crippen molar-refractivity contribution in [2.45, 2.75) is 43.6 Å². The number of rotatable bonds is 7. The molecular formula is C14H21N6O9P. The van der Waals surface area contributed by atoms with Gasteiger partial charge in [-0.25, -0.2) is 19.5 Å². The number of aliphatic hydroxyl groups is 3. The van der Waals surface area contributed by atoms with Crippen molar-refractivity contribution in [1.82, 2.24) is 19.5 Å².